The highest BCUT2D eigenvalue weighted by molar-refractivity contribution is 6.30. The zero-order chi connectivity index (χ0) is 12.4. The van der Waals surface area contributed by atoms with E-state index in [4.69, 9.17) is 17.3 Å². The molecular formula is C14H15ClN2. The van der Waals surface area contributed by atoms with Crippen molar-refractivity contribution in [2.45, 2.75) is 13.8 Å². The maximum absolute atomic E-state index is 5.92. The first-order valence-electron chi connectivity index (χ1n) is 5.45. The zero-order valence-electron chi connectivity index (χ0n) is 9.92. The van der Waals surface area contributed by atoms with E-state index in [0.29, 0.717) is 0 Å². The lowest BCUT2D eigenvalue weighted by Crippen LogP contribution is -1.95. The summed E-state index contributed by atoms with van der Waals surface area (Å²) in [6.07, 6.45) is 0. The minimum absolute atomic E-state index is 0.751. The molecule has 0 fully saturated rings. The van der Waals surface area contributed by atoms with Crippen LogP contribution < -0.4 is 11.1 Å². The van der Waals surface area contributed by atoms with Crippen molar-refractivity contribution >= 4 is 28.7 Å². The summed E-state index contributed by atoms with van der Waals surface area (Å²) in [6, 6.07) is 11.7. The van der Waals surface area contributed by atoms with Crippen molar-refractivity contribution in [1.29, 1.82) is 0 Å². The Morgan fingerprint density at radius 3 is 2.41 bits per heavy atom. The van der Waals surface area contributed by atoms with Crippen LogP contribution in [0.1, 0.15) is 11.1 Å². The average Bonchev–Trinajstić information content (AvgIpc) is 2.27. The van der Waals surface area contributed by atoms with Gasteiger partial charge in [0.15, 0.2) is 0 Å². The van der Waals surface area contributed by atoms with Gasteiger partial charge >= 0.3 is 0 Å². The number of halogens is 1. The summed E-state index contributed by atoms with van der Waals surface area (Å²) < 4.78 is 0. The number of benzene rings is 2. The molecule has 0 unspecified atom stereocenters. The van der Waals surface area contributed by atoms with E-state index in [2.05, 4.69) is 5.32 Å². The fourth-order valence-electron chi connectivity index (χ4n) is 1.68. The number of anilines is 3. The summed E-state index contributed by atoms with van der Waals surface area (Å²) >= 11 is 5.92. The Labute approximate surface area is 106 Å². The van der Waals surface area contributed by atoms with Gasteiger partial charge in [0.25, 0.3) is 0 Å². The predicted octanol–water partition coefficient (Wildman–Crippen LogP) is 4.28. The van der Waals surface area contributed by atoms with E-state index >= 15 is 0 Å². The zero-order valence-corrected chi connectivity index (χ0v) is 10.7. The largest absolute Gasteiger partial charge is 0.399 e. The van der Waals surface area contributed by atoms with E-state index in [-0.39, 0.29) is 0 Å². The number of rotatable bonds is 2. The number of hydrogen-bond acceptors (Lipinski definition) is 2. The summed E-state index contributed by atoms with van der Waals surface area (Å²) in [5.41, 5.74) is 10.9. The Kier molecular flexibility index (Phi) is 3.25. The van der Waals surface area contributed by atoms with Gasteiger partial charge < -0.3 is 11.1 Å². The highest BCUT2D eigenvalue weighted by atomic mass is 35.5. The number of hydrogen-bond donors (Lipinski definition) is 2. The highest BCUT2D eigenvalue weighted by Gasteiger charge is 2.01. The predicted molar refractivity (Wildman–Crippen MR) is 75.1 cm³/mol. The van der Waals surface area contributed by atoms with Gasteiger partial charge in [-0.05, 0) is 61.4 Å². The Morgan fingerprint density at radius 2 is 1.76 bits per heavy atom. The molecule has 0 saturated carbocycles. The third-order valence-corrected chi connectivity index (χ3v) is 2.97. The van der Waals surface area contributed by atoms with Crippen molar-refractivity contribution in [3.63, 3.8) is 0 Å². The SMILES string of the molecule is Cc1cc(Nc2ccc(Cl)cc2C)ccc1N. The first kappa shape index (κ1) is 11.8. The molecule has 2 aromatic carbocycles. The summed E-state index contributed by atoms with van der Waals surface area (Å²) in [5, 5.41) is 4.10. The molecule has 0 spiro atoms. The molecule has 0 saturated heterocycles. The molecule has 0 heterocycles. The van der Waals surface area contributed by atoms with Crippen molar-refractivity contribution in [2.75, 3.05) is 11.1 Å². The third kappa shape index (κ3) is 2.71. The van der Waals surface area contributed by atoms with Gasteiger partial charge in [-0.1, -0.05) is 11.6 Å². The van der Waals surface area contributed by atoms with Gasteiger partial charge in [-0.15, -0.1) is 0 Å². The Bertz CT molecular complexity index is 550. The van der Waals surface area contributed by atoms with Crippen LogP contribution in [0.25, 0.3) is 0 Å². The van der Waals surface area contributed by atoms with Crippen molar-refractivity contribution in [3.8, 4) is 0 Å². The molecule has 3 heteroatoms. The first-order chi connectivity index (χ1) is 8.06. The fraction of sp³-hybridized carbons (Fsp3) is 0.143. The van der Waals surface area contributed by atoms with Crippen molar-refractivity contribution < 1.29 is 0 Å². The quantitative estimate of drug-likeness (QED) is 0.776. The number of nitrogens with two attached hydrogens (primary N) is 1. The minimum atomic E-state index is 0.751. The van der Waals surface area contributed by atoms with Gasteiger partial charge in [0.2, 0.25) is 0 Å². The van der Waals surface area contributed by atoms with E-state index < -0.39 is 0 Å². The van der Waals surface area contributed by atoms with Crippen LogP contribution in [-0.2, 0) is 0 Å². The van der Waals surface area contributed by atoms with E-state index in [1.807, 2.05) is 50.2 Å². The molecule has 0 aromatic heterocycles. The molecule has 0 bridgehead atoms. The molecule has 2 aromatic rings. The van der Waals surface area contributed by atoms with Crippen LogP contribution in [0.15, 0.2) is 36.4 Å². The number of nitrogen functional groups attached to an aromatic ring is 1. The van der Waals surface area contributed by atoms with E-state index in [1.165, 1.54) is 0 Å². The molecule has 0 radical (unpaired) electrons. The molecular weight excluding hydrogens is 232 g/mol. The monoisotopic (exact) mass is 246 g/mol. The Morgan fingerprint density at radius 1 is 1.00 bits per heavy atom. The lowest BCUT2D eigenvalue weighted by molar-refractivity contribution is 1.41. The lowest BCUT2D eigenvalue weighted by atomic mass is 10.1. The van der Waals surface area contributed by atoms with Gasteiger partial charge in [-0.25, -0.2) is 0 Å². The third-order valence-electron chi connectivity index (χ3n) is 2.74. The molecule has 2 rings (SSSR count). The minimum Gasteiger partial charge on any atom is -0.399 e. The molecule has 88 valence electrons. The fourth-order valence-corrected chi connectivity index (χ4v) is 1.90. The number of aryl methyl sites for hydroxylation is 2. The van der Waals surface area contributed by atoms with Crippen LogP contribution in [-0.4, -0.2) is 0 Å². The summed E-state index contributed by atoms with van der Waals surface area (Å²) in [6.45, 7) is 4.02. The maximum atomic E-state index is 5.92. The maximum Gasteiger partial charge on any atom is 0.0414 e. The van der Waals surface area contributed by atoms with Crippen molar-refractivity contribution in [2.24, 2.45) is 0 Å². The van der Waals surface area contributed by atoms with Crippen molar-refractivity contribution in [1.82, 2.24) is 0 Å². The molecule has 17 heavy (non-hydrogen) atoms. The van der Waals surface area contributed by atoms with Gasteiger partial charge in [0.1, 0.15) is 0 Å². The van der Waals surface area contributed by atoms with E-state index in [9.17, 15) is 0 Å². The highest BCUT2D eigenvalue weighted by Crippen LogP contribution is 2.25. The summed E-state index contributed by atoms with van der Waals surface area (Å²) in [7, 11) is 0. The lowest BCUT2D eigenvalue weighted by Gasteiger charge is -2.11. The van der Waals surface area contributed by atoms with Crippen LogP contribution in [0.4, 0.5) is 17.1 Å². The van der Waals surface area contributed by atoms with Crippen LogP contribution in [0.3, 0.4) is 0 Å². The second-order valence-electron chi connectivity index (χ2n) is 4.16. The molecule has 3 N–H and O–H groups in total. The average molecular weight is 247 g/mol. The molecule has 0 atom stereocenters. The summed E-state index contributed by atoms with van der Waals surface area (Å²) in [4.78, 5) is 0. The summed E-state index contributed by atoms with van der Waals surface area (Å²) in [5.74, 6) is 0. The second kappa shape index (κ2) is 4.68. The van der Waals surface area contributed by atoms with Crippen LogP contribution in [0.5, 0.6) is 0 Å². The second-order valence-corrected chi connectivity index (χ2v) is 4.59. The normalized spacial score (nSPS) is 10.3. The Hall–Kier alpha value is -1.67. The standard InChI is InChI=1S/C14H15ClN2/c1-9-8-12(4-5-13(9)16)17-14-6-3-11(15)7-10(14)2/h3-8,17H,16H2,1-2H3. The molecule has 0 aliphatic rings. The van der Waals surface area contributed by atoms with Crippen LogP contribution in [0, 0.1) is 13.8 Å². The van der Waals surface area contributed by atoms with E-state index in [0.717, 1.165) is 33.2 Å². The topological polar surface area (TPSA) is 38.0 Å². The first-order valence-corrected chi connectivity index (χ1v) is 5.83. The van der Waals surface area contributed by atoms with Gasteiger partial charge in [-0.3, -0.25) is 0 Å². The molecule has 2 nitrogen and oxygen atoms in total. The van der Waals surface area contributed by atoms with E-state index in [1.54, 1.807) is 0 Å². The smallest absolute Gasteiger partial charge is 0.0414 e. The van der Waals surface area contributed by atoms with Crippen LogP contribution in [0.2, 0.25) is 5.02 Å². The molecule has 0 aliphatic carbocycles. The van der Waals surface area contributed by atoms with Gasteiger partial charge in [0, 0.05) is 22.1 Å². The van der Waals surface area contributed by atoms with Gasteiger partial charge in [-0.2, -0.15) is 0 Å². The number of nitrogens with one attached hydrogen (secondary N) is 1. The molecule has 0 aliphatic heterocycles. The van der Waals surface area contributed by atoms with Gasteiger partial charge in [0.05, 0.1) is 0 Å². The van der Waals surface area contributed by atoms with Crippen molar-refractivity contribution in [3.05, 3.63) is 52.5 Å². The Balaban J connectivity index is 2.28. The molecule has 0 amide bonds. The van der Waals surface area contributed by atoms with Crippen LogP contribution >= 0.6 is 11.6 Å².